The Labute approximate surface area is 120 Å². The lowest BCUT2D eigenvalue weighted by molar-refractivity contribution is -0.386. The van der Waals surface area contributed by atoms with E-state index < -0.39 is 4.92 Å². The summed E-state index contributed by atoms with van der Waals surface area (Å²) in [5.41, 5.74) is 2.25. The van der Waals surface area contributed by atoms with Crippen molar-refractivity contribution in [2.24, 2.45) is 7.05 Å². The number of nitro groups is 1. The van der Waals surface area contributed by atoms with Gasteiger partial charge in [0.05, 0.1) is 4.92 Å². The molecule has 21 heavy (non-hydrogen) atoms. The summed E-state index contributed by atoms with van der Waals surface area (Å²) >= 11 is 0. The Bertz CT molecular complexity index is 858. The lowest BCUT2D eigenvalue weighted by Crippen LogP contribution is -1.90. The average molecular weight is 283 g/mol. The first kappa shape index (κ1) is 13.1. The van der Waals surface area contributed by atoms with Gasteiger partial charge in [-0.2, -0.15) is 0 Å². The zero-order chi connectivity index (χ0) is 15.0. The summed E-state index contributed by atoms with van der Waals surface area (Å²) in [6, 6.07) is 7.96. The lowest BCUT2D eigenvalue weighted by Gasteiger charge is -1.93. The molecule has 2 heterocycles. The van der Waals surface area contributed by atoms with Gasteiger partial charge in [-0.1, -0.05) is 23.4 Å². The first-order valence-corrected chi connectivity index (χ1v) is 6.40. The largest absolute Gasteiger partial charge is 0.350 e. The van der Waals surface area contributed by atoms with E-state index in [0.29, 0.717) is 0 Å². The summed E-state index contributed by atoms with van der Waals surface area (Å²) in [7, 11) is 1.96. The molecule has 0 amide bonds. The third-order valence-electron chi connectivity index (χ3n) is 3.38. The Morgan fingerprint density at radius 3 is 2.86 bits per heavy atom. The van der Waals surface area contributed by atoms with E-state index in [1.165, 1.54) is 0 Å². The normalized spacial score (nSPS) is 11.5. The molecule has 0 radical (unpaired) electrons. The van der Waals surface area contributed by atoms with E-state index in [1.54, 1.807) is 19.1 Å². The van der Waals surface area contributed by atoms with Gasteiger partial charge >= 0.3 is 5.69 Å². The van der Waals surface area contributed by atoms with Gasteiger partial charge in [-0.05, 0) is 25.1 Å². The molecule has 3 aromatic rings. The number of rotatable bonds is 3. The molecule has 0 bridgehead atoms. The van der Waals surface area contributed by atoms with Gasteiger partial charge in [-0.25, -0.2) is 0 Å². The molecule has 0 N–H and O–H groups in total. The van der Waals surface area contributed by atoms with Gasteiger partial charge in [0.2, 0.25) is 5.76 Å². The Kier molecular flexibility index (Phi) is 3.06. The van der Waals surface area contributed by atoms with Crippen LogP contribution in [0.1, 0.15) is 17.0 Å². The van der Waals surface area contributed by atoms with Crippen molar-refractivity contribution >= 4 is 28.7 Å². The fraction of sp³-hybridized carbons (Fsp3) is 0.133. The molecule has 6 heteroatoms. The highest BCUT2D eigenvalue weighted by molar-refractivity contribution is 5.92. The van der Waals surface area contributed by atoms with E-state index in [2.05, 4.69) is 5.16 Å². The summed E-state index contributed by atoms with van der Waals surface area (Å²) < 4.78 is 7.02. The van der Waals surface area contributed by atoms with Crippen molar-refractivity contribution < 1.29 is 9.45 Å². The second-order valence-corrected chi connectivity index (χ2v) is 4.78. The number of fused-ring (bicyclic) bond motifs is 1. The van der Waals surface area contributed by atoms with Crippen LogP contribution in [0.4, 0.5) is 5.69 Å². The Hall–Kier alpha value is -2.89. The predicted molar refractivity (Wildman–Crippen MR) is 79.7 cm³/mol. The SMILES string of the molecule is Cc1noc(/C=C\c2cn(C)c3ccccc23)c1[N+](=O)[O-]. The monoisotopic (exact) mass is 283 g/mol. The summed E-state index contributed by atoms with van der Waals surface area (Å²) in [5, 5.41) is 15.7. The molecule has 6 nitrogen and oxygen atoms in total. The fourth-order valence-electron chi connectivity index (χ4n) is 2.39. The highest BCUT2D eigenvalue weighted by Gasteiger charge is 2.21. The van der Waals surface area contributed by atoms with Gasteiger partial charge in [-0.15, -0.1) is 0 Å². The molecule has 3 rings (SSSR count). The minimum atomic E-state index is -0.478. The van der Waals surface area contributed by atoms with Gasteiger partial charge in [0, 0.05) is 29.7 Å². The Morgan fingerprint density at radius 1 is 1.33 bits per heavy atom. The highest BCUT2D eigenvalue weighted by atomic mass is 16.6. The first-order chi connectivity index (χ1) is 10.1. The van der Waals surface area contributed by atoms with Crippen molar-refractivity contribution in [3.05, 3.63) is 57.6 Å². The van der Waals surface area contributed by atoms with Crippen LogP contribution in [0.3, 0.4) is 0 Å². The van der Waals surface area contributed by atoms with E-state index in [1.807, 2.05) is 42.1 Å². The van der Waals surface area contributed by atoms with E-state index in [0.717, 1.165) is 16.5 Å². The number of hydrogen-bond donors (Lipinski definition) is 0. The lowest BCUT2D eigenvalue weighted by atomic mass is 10.1. The summed E-state index contributed by atoms with van der Waals surface area (Å²) in [6.07, 6.45) is 5.35. The van der Waals surface area contributed by atoms with E-state index >= 15 is 0 Å². The van der Waals surface area contributed by atoms with Crippen LogP contribution in [0.25, 0.3) is 23.1 Å². The second-order valence-electron chi connectivity index (χ2n) is 4.78. The number of aromatic nitrogens is 2. The van der Waals surface area contributed by atoms with Gasteiger partial charge < -0.3 is 9.09 Å². The smallest absolute Gasteiger partial charge is 0.338 e. The minimum absolute atomic E-state index is 0.0912. The zero-order valence-electron chi connectivity index (χ0n) is 11.6. The number of benzene rings is 1. The molecule has 1 aromatic carbocycles. The van der Waals surface area contributed by atoms with Crippen LogP contribution in [0.5, 0.6) is 0 Å². The molecule has 0 aliphatic carbocycles. The van der Waals surface area contributed by atoms with Crippen LogP contribution in [-0.2, 0) is 7.05 Å². The third kappa shape index (κ3) is 2.20. The second kappa shape index (κ2) is 4.90. The molecule has 0 aliphatic rings. The molecule has 0 fully saturated rings. The zero-order valence-corrected chi connectivity index (χ0v) is 11.6. The summed E-state index contributed by atoms with van der Waals surface area (Å²) in [6.45, 7) is 1.55. The molecule has 0 saturated carbocycles. The standard InChI is InChI=1S/C15H13N3O3/c1-10-15(18(19)20)14(21-16-10)8-7-11-9-17(2)13-6-4-3-5-12(11)13/h3-9H,1-2H3/b8-7-. The quantitative estimate of drug-likeness (QED) is 0.544. The molecule has 0 atom stereocenters. The number of aryl methyl sites for hydroxylation is 2. The molecule has 0 unspecified atom stereocenters. The number of para-hydroxylation sites is 1. The van der Waals surface area contributed by atoms with E-state index in [9.17, 15) is 10.1 Å². The van der Waals surface area contributed by atoms with Crippen LogP contribution in [0.2, 0.25) is 0 Å². The van der Waals surface area contributed by atoms with E-state index in [4.69, 9.17) is 4.52 Å². The Morgan fingerprint density at radius 2 is 2.10 bits per heavy atom. The molecular weight excluding hydrogens is 270 g/mol. The number of nitrogens with zero attached hydrogens (tertiary/aromatic N) is 3. The van der Waals surface area contributed by atoms with E-state index in [-0.39, 0.29) is 17.1 Å². The average Bonchev–Trinajstić information content (AvgIpc) is 2.98. The van der Waals surface area contributed by atoms with Crippen molar-refractivity contribution in [3.63, 3.8) is 0 Å². The van der Waals surface area contributed by atoms with Crippen molar-refractivity contribution in [3.8, 4) is 0 Å². The van der Waals surface area contributed by atoms with Crippen molar-refractivity contribution in [2.75, 3.05) is 0 Å². The third-order valence-corrected chi connectivity index (χ3v) is 3.38. The van der Waals surface area contributed by atoms with Gasteiger partial charge in [0.1, 0.15) is 0 Å². The van der Waals surface area contributed by atoms with Gasteiger partial charge in [0.15, 0.2) is 5.69 Å². The summed E-state index contributed by atoms with van der Waals surface area (Å²) in [5.74, 6) is 0.158. The van der Waals surface area contributed by atoms with Crippen molar-refractivity contribution in [1.82, 2.24) is 9.72 Å². The predicted octanol–water partition coefficient (Wildman–Crippen LogP) is 3.55. The first-order valence-electron chi connectivity index (χ1n) is 6.40. The van der Waals surface area contributed by atoms with Crippen molar-refractivity contribution in [1.29, 1.82) is 0 Å². The summed E-state index contributed by atoms with van der Waals surface area (Å²) in [4.78, 5) is 10.5. The molecule has 2 aromatic heterocycles. The minimum Gasteiger partial charge on any atom is -0.350 e. The molecule has 106 valence electrons. The fourth-order valence-corrected chi connectivity index (χ4v) is 2.39. The Balaban J connectivity index is 2.05. The maximum absolute atomic E-state index is 11.0. The van der Waals surface area contributed by atoms with Crippen LogP contribution in [0.15, 0.2) is 35.0 Å². The van der Waals surface area contributed by atoms with Crippen LogP contribution in [-0.4, -0.2) is 14.6 Å². The topological polar surface area (TPSA) is 74.1 Å². The van der Waals surface area contributed by atoms with Crippen LogP contribution >= 0.6 is 0 Å². The van der Waals surface area contributed by atoms with Crippen LogP contribution < -0.4 is 0 Å². The molecule has 0 aliphatic heterocycles. The van der Waals surface area contributed by atoms with Crippen molar-refractivity contribution in [2.45, 2.75) is 6.92 Å². The number of hydrogen-bond acceptors (Lipinski definition) is 4. The molecule has 0 spiro atoms. The van der Waals surface area contributed by atoms with Gasteiger partial charge in [0.25, 0.3) is 0 Å². The highest BCUT2D eigenvalue weighted by Crippen LogP contribution is 2.26. The maximum atomic E-state index is 11.0. The van der Waals surface area contributed by atoms with Gasteiger partial charge in [-0.3, -0.25) is 10.1 Å². The molecule has 0 saturated heterocycles. The molecular formula is C15H13N3O3. The maximum Gasteiger partial charge on any atom is 0.338 e. The van der Waals surface area contributed by atoms with Crippen LogP contribution in [0, 0.1) is 17.0 Å².